The molecule has 0 amide bonds. The summed E-state index contributed by atoms with van der Waals surface area (Å²) in [6.07, 6.45) is 1.67. The van der Waals surface area contributed by atoms with Gasteiger partial charge in [0.05, 0.1) is 19.9 Å². The predicted molar refractivity (Wildman–Crippen MR) is 84.2 cm³/mol. The van der Waals surface area contributed by atoms with Gasteiger partial charge < -0.3 is 29.4 Å². The summed E-state index contributed by atoms with van der Waals surface area (Å²) in [4.78, 5) is 18.2. The first kappa shape index (κ1) is 19.0. The van der Waals surface area contributed by atoms with E-state index in [1.54, 1.807) is 13.4 Å². The van der Waals surface area contributed by atoms with Crippen LogP contribution >= 0.6 is 0 Å². The van der Waals surface area contributed by atoms with Gasteiger partial charge in [0.15, 0.2) is 0 Å². The fourth-order valence-corrected chi connectivity index (χ4v) is 1.54. The molecule has 0 saturated heterocycles. The highest BCUT2D eigenvalue weighted by Gasteiger charge is 2.04. The molecule has 8 nitrogen and oxygen atoms in total. The van der Waals surface area contributed by atoms with Crippen LogP contribution in [-0.2, 0) is 16.1 Å². The van der Waals surface area contributed by atoms with Crippen molar-refractivity contribution < 1.29 is 33.7 Å². The zero-order chi connectivity index (χ0) is 17.8. The Balaban J connectivity index is 0.000000413. The molecule has 0 aliphatic heterocycles. The molecule has 1 aromatic heterocycles. The first-order chi connectivity index (χ1) is 11.5. The lowest BCUT2D eigenvalue weighted by atomic mass is 10.3. The van der Waals surface area contributed by atoms with E-state index < -0.39 is 11.9 Å². The fraction of sp³-hybridized carbons (Fsp3) is 0.250. The zero-order valence-electron chi connectivity index (χ0n) is 13.1. The van der Waals surface area contributed by atoms with Crippen molar-refractivity contribution >= 4 is 11.9 Å². The molecule has 2 aromatic rings. The molecule has 0 atom stereocenters. The summed E-state index contributed by atoms with van der Waals surface area (Å²) in [5, 5.41) is 18.0. The number of hydrogen-bond acceptors (Lipinski definition) is 6. The van der Waals surface area contributed by atoms with E-state index in [-0.39, 0.29) is 0 Å². The first-order valence-electron chi connectivity index (χ1n) is 6.99. The van der Waals surface area contributed by atoms with Crippen LogP contribution in [0, 0.1) is 0 Å². The van der Waals surface area contributed by atoms with Gasteiger partial charge in [0.25, 0.3) is 0 Å². The number of carboxylic acid groups (broad SMARTS) is 2. The molecule has 0 saturated carbocycles. The average molecular weight is 337 g/mol. The molecule has 0 radical (unpaired) electrons. The Morgan fingerprint density at radius 3 is 2.21 bits per heavy atom. The van der Waals surface area contributed by atoms with Crippen LogP contribution < -0.4 is 14.8 Å². The SMILES string of the molecule is COc1ccc(OCCNCc2ccco2)cc1.O=C(O)C(=O)O. The van der Waals surface area contributed by atoms with Crippen LogP contribution in [0.2, 0.25) is 0 Å². The Bertz CT molecular complexity index is 596. The first-order valence-corrected chi connectivity index (χ1v) is 6.99. The van der Waals surface area contributed by atoms with Crippen LogP contribution in [-0.4, -0.2) is 42.4 Å². The number of aliphatic carboxylic acids is 2. The number of hydrogen-bond donors (Lipinski definition) is 3. The number of carboxylic acids is 2. The predicted octanol–water partition coefficient (Wildman–Crippen LogP) is 1.61. The molecule has 3 N–H and O–H groups in total. The summed E-state index contributed by atoms with van der Waals surface area (Å²) in [6.45, 7) is 2.11. The molecule has 2 rings (SSSR count). The van der Waals surface area contributed by atoms with Gasteiger partial charge in [-0.1, -0.05) is 0 Å². The van der Waals surface area contributed by atoms with E-state index in [1.807, 2.05) is 36.4 Å². The summed E-state index contributed by atoms with van der Waals surface area (Å²) in [6, 6.07) is 11.4. The smallest absolute Gasteiger partial charge is 0.414 e. The molecule has 0 bridgehead atoms. The van der Waals surface area contributed by atoms with Gasteiger partial charge in [0.1, 0.15) is 23.9 Å². The minimum absolute atomic E-state index is 0.618. The lowest BCUT2D eigenvalue weighted by molar-refractivity contribution is -0.159. The molecule has 1 heterocycles. The Morgan fingerprint density at radius 2 is 1.71 bits per heavy atom. The molecule has 0 unspecified atom stereocenters. The minimum Gasteiger partial charge on any atom is -0.497 e. The average Bonchev–Trinajstić information content (AvgIpc) is 3.09. The molecule has 24 heavy (non-hydrogen) atoms. The van der Waals surface area contributed by atoms with Gasteiger partial charge in [-0.05, 0) is 36.4 Å². The van der Waals surface area contributed by atoms with E-state index in [9.17, 15) is 0 Å². The summed E-state index contributed by atoms with van der Waals surface area (Å²) in [5.74, 6) is -1.04. The molecule has 0 fully saturated rings. The third kappa shape index (κ3) is 7.85. The summed E-state index contributed by atoms with van der Waals surface area (Å²) in [7, 11) is 1.65. The number of rotatable bonds is 7. The lowest BCUT2D eigenvalue weighted by Crippen LogP contribution is -2.20. The van der Waals surface area contributed by atoms with E-state index in [0.29, 0.717) is 6.61 Å². The second-order valence-electron chi connectivity index (χ2n) is 4.39. The second-order valence-corrected chi connectivity index (χ2v) is 4.39. The molecule has 0 aliphatic rings. The molecule has 0 spiro atoms. The van der Waals surface area contributed by atoms with Crippen LogP contribution in [0.3, 0.4) is 0 Å². The van der Waals surface area contributed by atoms with Crippen molar-refractivity contribution in [3.05, 3.63) is 48.4 Å². The van der Waals surface area contributed by atoms with Crippen molar-refractivity contribution in [2.45, 2.75) is 6.54 Å². The van der Waals surface area contributed by atoms with Crippen LogP contribution in [0.25, 0.3) is 0 Å². The van der Waals surface area contributed by atoms with Crippen LogP contribution in [0.5, 0.6) is 11.5 Å². The van der Waals surface area contributed by atoms with Crippen LogP contribution in [0.15, 0.2) is 47.1 Å². The molecule has 0 aliphatic carbocycles. The highest BCUT2D eigenvalue weighted by molar-refractivity contribution is 6.27. The van der Waals surface area contributed by atoms with Gasteiger partial charge in [-0.3, -0.25) is 0 Å². The third-order valence-electron chi connectivity index (χ3n) is 2.67. The zero-order valence-corrected chi connectivity index (χ0v) is 13.1. The van der Waals surface area contributed by atoms with Crippen LogP contribution in [0.4, 0.5) is 0 Å². The topological polar surface area (TPSA) is 118 Å². The molecular formula is C16H19NO7. The molecule has 130 valence electrons. The number of furan rings is 1. The van der Waals surface area contributed by atoms with Gasteiger partial charge >= 0.3 is 11.9 Å². The number of methoxy groups -OCH3 is 1. The second kappa shape index (κ2) is 10.7. The number of nitrogens with one attached hydrogen (secondary N) is 1. The van der Waals surface area contributed by atoms with E-state index in [4.69, 9.17) is 33.7 Å². The highest BCUT2D eigenvalue weighted by atomic mass is 16.5. The number of ether oxygens (including phenoxy) is 2. The number of benzene rings is 1. The van der Waals surface area contributed by atoms with Crippen molar-refractivity contribution in [1.29, 1.82) is 0 Å². The van der Waals surface area contributed by atoms with E-state index in [0.717, 1.165) is 30.3 Å². The van der Waals surface area contributed by atoms with E-state index >= 15 is 0 Å². The van der Waals surface area contributed by atoms with Gasteiger partial charge in [-0.2, -0.15) is 0 Å². The van der Waals surface area contributed by atoms with E-state index in [2.05, 4.69) is 5.32 Å². The van der Waals surface area contributed by atoms with Gasteiger partial charge in [0.2, 0.25) is 0 Å². The van der Waals surface area contributed by atoms with Crippen molar-refractivity contribution in [2.75, 3.05) is 20.3 Å². The van der Waals surface area contributed by atoms with Gasteiger partial charge in [-0.25, -0.2) is 9.59 Å². The fourth-order valence-electron chi connectivity index (χ4n) is 1.54. The maximum atomic E-state index is 9.10. The van der Waals surface area contributed by atoms with Gasteiger partial charge in [-0.15, -0.1) is 0 Å². The van der Waals surface area contributed by atoms with Crippen molar-refractivity contribution in [1.82, 2.24) is 5.32 Å². The van der Waals surface area contributed by atoms with Crippen molar-refractivity contribution in [3.8, 4) is 11.5 Å². The lowest BCUT2D eigenvalue weighted by Gasteiger charge is -2.07. The van der Waals surface area contributed by atoms with Gasteiger partial charge in [0, 0.05) is 6.54 Å². The molecule has 8 heteroatoms. The van der Waals surface area contributed by atoms with E-state index in [1.165, 1.54) is 0 Å². The largest absolute Gasteiger partial charge is 0.497 e. The quantitative estimate of drug-likeness (QED) is 0.515. The summed E-state index contributed by atoms with van der Waals surface area (Å²) >= 11 is 0. The Morgan fingerprint density at radius 1 is 1.08 bits per heavy atom. The maximum Gasteiger partial charge on any atom is 0.414 e. The normalized spacial score (nSPS) is 9.54. The summed E-state index contributed by atoms with van der Waals surface area (Å²) in [5.41, 5.74) is 0. The van der Waals surface area contributed by atoms with Crippen molar-refractivity contribution in [2.24, 2.45) is 0 Å². The highest BCUT2D eigenvalue weighted by Crippen LogP contribution is 2.16. The molecule has 1 aromatic carbocycles. The summed E-state index contributed by atoms with van der Waals surface area (Å²) < 4.78 is 15.9. The third-order valence-corrected chi connectivity index (χ3v) is 2.67. The maximum absolute atomic E-state index is 9.10. The Kier molecular flexibility index (Phi) is 8.48. The Hall–Kier alpha value is -3.00. The molecular weight excluding hydrogens is 318 g/mol. The monoisotopic (exact) mass is 337 g/mol. The van der Waals surface area contributed by atoms with Crippen molar-refractivity contribution in [3.63, 3.8) is 0 Å². The number of carbonyl (C=O) groups is 2. The van der Waals surface area contributed by atoms with Crippen LogP contribution in [0.1, 0.15) is 5.76 Å². The minimum atomic E-state index is -1.82. The Labute approximate surface area is 138 Å². The standard InChI is InChI=1S/C14H17NO3.C2H2O4/c1-16-12-4-6-13(7-5-12)18-10-8-15-11-14-3-2-9-17-14;3-1(4)2(5)6/h2-7,9,15H,8,10-11H2,1H3;(H,3,4)(H,5,6).